The standard InChI is InChI=1S/C22H16N4O/c27-22(21-15-24-19-9-1-2-10-20(19)26-21)25-18-8-5-6-16(14-18)11-12-17-7-3-4-13-23-17/h1-15H,(H,25,27)/b12-11+. The Hall–Kier alpha value is -3.86. The number of hydrogen-bond acceptors (Lipinski definition) is 4. The smallest absolute Gasteiger partial charge is 0.275 e. The van der Waals surface area contributed by atoms with Crippen LogP contribution in [0.15, 0.2) is 79.1 Å². The van der Waals surface area contributed by atoms with E-state index in [-0.39, 0.29) is 11.6 Å². The molecule has 0 saturated heterocycles. The summed E-state index contributed by atoms with van der Waals surface area (Å²) >= 11 is 0. The van der Waals surface area contributed by atoms with Crippen LogP contribution in [0.4, 0.5) is 5.69 Å². The molecule has 1 N–H and O–H groups in total. The molecule has 0 aliphatic rings. The molecule has 0 unspecified atom stereocenters. The minimum Gasteiger partial charge on any atom is -0.321 e. The summed E-state index contributed by atoms with van der Waals surface area (Å²) in [6, 6.07) is 20.8. The summed E-state index contributed by atoms with van der Waals surface area (Å²) < 4.78 is 0. The first-order chi connectivity index (χ1) is 13.3. The van der Waals surface area contributed by atoms with Gasteiger partial charge in [0.1, 0.15) is 5.69 Å². The molecule has 27 heavy (non-hydrogen) atoms. The van der Waals surface area contributed by atoms with Gasteiger partial charge in [-0.05, 0) is 48.0 Å². The van der Waals surface area contributed by atoms with Crippen molar-refractivity contribution in [2.45, 2.75) is 0 Å². The summed E-state index contributed by atoms with van der Waals surface area (Å²) in [7, 11) is 0. The highest BCUT2D eigenvalue weighted by Gasteiger charge is 2.09. The fraction of sp³-hybridized carbons (Fsp3) is 0. The van der Waals surface area contributed by atoms with Crippen LogP contribution < -0.4 is 5.32 Å². The van der Waals surface area contributed by atoms with E-state index >= 15 is 0 Å². The number of benzene rings is 2. The largest absolute Gasteiger partial charge is 0.321 e. The fourth-order valence-electron chi connectivity index (χ4n) is 2.64. The minimum atomic E-state index is -0.292. The van der Waals surface area contributed by atoms with Crippen LogP contribution in [-0.2, 0) is 0 Å². The number of para-hydroxylation sites is 2. The van der Waals surface area contributed by atoms with Crippen molar-refractivity contribution in [2.75, 3.05) is 5.32 Å². The summed E-state index contributed by atoms with van der Waals surface area (Å²) in [6.07, 6.45) is 7.12. The lowest BCUT2D eigenvalue weighted by molar-refractivity contribution is 0.102. The Balaban J connectivity index is 1.51. The van der Waals surface area contributed by atoms with Gasteiger partial charge in [-0.1, -0.05) is 36.4 Å². The monoisotopic (exact) mass is 352 g/mol. The van der Waals surface area contributed by atoms with E-state index < -0.39 is 0 Å². The van der Waals surface area contributed by atoms with Crippen molar-refractivity contribution in [1.82, 2.24) is 15.0 Å². The molecular formula is C22H16N4O. The third kappa shape index (κ3) is 4.04. The highest BCUT2D eigenvalue weighted by atomic mass is 16.1. The van der Waals surface area contributed by atoms with E-state index in [1.54, 1.807) is 6.20 Å². The molecule has 0 radical (unpaired) electrons. The third-order valence-electron chi connectivity index (χ3n) is 3.96. The second kappa shape index (κ2) is 7.58. The van der Waals surface area contributed by atoms with Gasteiger partial charge in [0.2, 0.25) is 0 Å². The van der Waals surface area contributed by atoms with Crippen LogP contribution in [0.2, 0.25) is 0 Å². The number of pyridine rings is 1. The van der Waals surface area contributed by atoms with Crippen LogP contribution in [0, 0.1) is 0 Å². The predicted octanol–water partition coefficient (Wildman–Crippen LogP) is 4.45. The van der Waals surface area contributed by atoms with E-state index in [4.69, 9.17) is 0 Å². The molecular weight excluding hydrogens is 336 g/mol. The molecule has 0 fully saturated rings. The molecule has 1 amide bonds. The van der Waals surface area contributed by atoms with E-state index in [1.807, 2.05) is 78.9 Å². The normalized spacial score (nSPS) is 11.0. The molecule has 130 valence electrons. The van der Waals surface area contributed by atoms with Crippen molar-refractivity contribution >= 4 is 34.8 Å². The summed E-state index contributed by atoms with van der Waals surface area (Å²) in [5.41, 5.74) is 4.26. The molecule has 0 bridgehead atoms. The lowest BCUT2D eigenvalue weighted by atomic mass is 10.1. The molecule has 5 nitrogen and oxygen atoms in total. The molecule has 0 spiro atoms. The van der Waals surface area contributed by atoms with Crippen molar-refractivity contribution in [1.29, 1.82) is 0 Å². The molecule has 4 rings (SSSR count). The molecule has 0 aliphatic heterocycles. The maximum Gasteiger partial charge on any atom is 0.275 e. The quantitative estimate of drug-likeness (QED) is 0.589. The van der Waals surface area contributed by atoms with Gasteiger partial charge in [0.05, 0.1) is 22.9 Å². The van der Waals surface area contributed by atoms with Crippen LogP contribution in [-0.4, -0.2) is 20.9 Å². The first-order valence-corrected chi connectivity index (χ1v) is 8.50. The van der Waals surface area contributed by atoms with Gasteiger partial charge in [-0.15, -0.1) is 0 Å². The van der Waals surface area contributed by atoms with Gasteiger partial charge in [0.15, 0.2) is 0 Å². The molecule has 2 aromatic heterocycles. The first-order valence-electron chi connectivity index (χ1n) is 8.50. The summed E-state index contributed by atoms with van der Waals surface area (Å²) in [4.78, 5) is 25.4. The third-order valence-corrected chi connectivity index (χ3v) is 3.96. The second-order valence-corrected chi connectivity index (χ2v) is 5.91. The second-order valence-electron chi connectivity index (χ2n) is 5.91. The number of carbonyl (C=O) groups excluding carboxylic acids is 1. The van der Waals surface area contributed by atoms with Crippen molar-refractivity contribution in [3.05, 3.63) is 96.1 Å². The molecule has 2 aromatic carbocycles. The number of rotatable bonds is 4. The van der Waals surface area contributed by atoms with Gasteiger partial charge in [-0.3, -0.25) is 14.8 Å². The molecule has 5 heteroatoms. The number of carbonyl (C=O) groups is 1. The Morgan fingerprint density at radius 1 is 0.852 bits per heavy atom. The lowest BCUT2D eigenvalue weighted by Gasteiger charge is -2.06. The Kier molecular flexibility index (Phi) is 4.66. The lowest BCUT2D eigenvalue weighted by Crippen LogP contribution is -2.14. The van der Waals surface area contributed by atoms with Crippen molar-refractivity contribution < 1.29 is 4.79 Å². The van der Waals surface area contributed by atoms with Crippen molar-refractivity contribution in [3.63, 3.8) is 0 Å². The zero-order valence-electron chi connectivity index (χ0n) is 14.4. The van der Waals surface area contributed by atoms with E-state index in [0.717, 1.165) is 16.8 Å². The summed E-state index contributed by atoms with van der Waals surface area (Å²) in [5.74, 6) is -0.292. The Morgan fingerprint density at radius 2 is 1.70 bits per heavy atom. The van der Waals surface area contributed by atoms with Gasteiger partial charge in [-0.25, -0.2) is 4.98 Å². The number of nitrogens with one attached hydrogen (secondary N) is 1. The van der Waals surface area contributed by atoms with Crippen LogP contribution in [0.1, 0.15) is 21.7 Å². The van der Waals surface area contributed by atoms with Crippen LogP contribution >= 0.6 is 0 Å². The number of hydrogen-bond donors (Lipinski definition) is 1. The number of fused-ring (bicyclic) bond motifs is 1. The van der Waals surface area contributed by atoms with E-state index in [2.05, 4.69) is 20.3 Å². The minimum absolute atomic E-state index is 0.281. The highest BCUT2D eigenvalue weighted by Crippen LogP contribution is 2.15. The number of amides is 1. The van der Waals surface area contributed by atoms with Crippen molar-refractivity contribution in [3.8, 4) is 0 Å². The zero-order valence-corrected chi connectivity index (χ0v) is 14.4. The van der Waals surface area contributed by atoms with E-state index in [0.29, 0.717) is 11.2 Å². The predicted molar refractivity (Wildman–Crippen MR) is 107 cm³/mol. The molecule has 2 heterocycles. The highest BCUT2D eigenvalue weighted by molar-refractivity contribution is 6.03. The van der Waals surface area contributed by atoms with Crippen LogP contribution in [0.25, 0.3) is 23.2 Å². The molecule has 0 saturated carbocycles. The van der Waals surface area contributed by atoms with Crippen LogP contribution in [0.5, 0.6) is 0 Å². The average Bonchev–Trinajstić information content (AvgIpc) is 2.73. The number of anilines is 1. The topological polar surface area (TPSA) is 67.8 Å². The molecule has 0 aliphatic carbocycles. The van der Waals surface area contributed by atoms with Crippen molar-refractivity contribution in [2.24, 2.45) is 0 Å². The number of nitrogens with zero attached hydrogens (tertiary/aromatic N) is 3. The maximum absolute atomic E-state index is 12.5. The van der Waals surface area contributed by atoms with Gasteiger partial charge >= 0.3 is 0 Å². The Labute approximate surface area is 156 Å². The summed E-state index contributed by atoms with van der Waals surface area (Å²) in [6.45, 7) is 0. The van der Waals surface area contributed by atoms with Gasteiger partial charge in [0.25, 0.3) is 5.91 Å². The summed E-state index contributed by atoms with van der Waals surface area (Å²) in [5, 5.41) is 2.87. The van der Waals surface area contributed by atoms with Crippen LogP contribution in [0.3, 0.4) is 0 Å². The first kappa shape index (κ1) is 16.6. The molecule has 0 atom stereocenters. The SMILES string of the molecule is O=C(Nc1cccc(/C=C/c2ccccn2)c1)c1cnc2ccccc2n1. The average molecular weight is 352 g/mol. The van der Waals surface area contributed by atoms with Gasteiger partial charge < -0.3 is 5.32 Å². The maximum atomic E-state index is 12.5. The van der Waals surface area contributed by atoms with Gasteiger partial charge in [-0.2, -0.15) is 0 Å². The van der Waals surface area contributed by atoms with E-state index in [1.165, 1.54) is 6.20 Å². The Bertz CT molecular complexity index is 1120. The zero-order chi connectivity index (χ0) is 18.5. The molecule has 4 aromatic rings. The van der Waals surface area contributed by atoms with E-state index in [9.17, 15) is 4.79 Å². The fourth-order valence-corrected chi connectivity index (χ4v) is 2.64. The van der Waals surface area contributed by atoms with Gasteiger partial charge in [0, 0.05) is 11.9 Å². The number of aromatic nitrogens is 3. The Morgan fingerprint density at radius 3 is 2.56 bits per heavy atom.